The fourth-order valence-electron chi connectivity index (χ4n) is 3.04. The Balaban J connectivity index is 1.65. The molecule has 2 aromatic rings. The van der Waals surface area contributed by atoms with E-state index in [1.54, 1.807) is 6.20 Å². The van der Waals surface area contributed by atoms with Gasteiger partial charge in [0.15, 0.2) is 0 Å². The van der Waals surface area contributed by atoms with Gasteiger partial charge in [-0.15, -0.1) is 0 Å². The molecule has 0 saturated carbocycles. The molecule has 0 spiro atoms. The fourth-order valence-corrected chi connectivity index (χ4v) is 3.04. The number of nitrogens with zero attached hydrogens (tertiary/aromatic N) is 3. The molecule has 0 bridgehead atoms. The highest BCUT2D eigenvalue weighted by molar-refractivity contribution is 5.93. The Labute approximate surface area is 148 Å². The standard InChI is InChI=1S/C19H24N4O2/c1-3-25-17-8-4-7-16(12-17)22-18(24)15-6-5-11-23(13-15)19-20-10-9-14(2)21-19/h4,7-10,12,15H,3,5-6,11,13H2,1-2H3,(H,22,24)/t15-/m0/s1. The minimum Gasteiger partial charge on any atom is -0.494 e. The van der Waals surface area contributed by atoms with E-state index in [1.165, 1.54) is 0 Å². The van der Waals surface area contributed by atoms with Crippen LogP contribution in [0.3, 0.4) is 0 Å². The van der Waals surface area contributed by atoms with Crippen LogP contribution in [-0.2, 0) is 4.79 Å². The molecule has 1 N–H and O–H groups in total. The molecule has 0 aliphatic carbocycles. The van der Waals surface area contributed by atoms with E-state index in [-0.39, 0.29) is 11.8 Å². The third-order valence-electron chi connectivity index (χ3n) is 4.27. The van der Waals surface area contributed by atoms with Crippen LogP contribution in [-0.4, -0.2) is 35.6 Å². The van der Waals surface area contributed by atoms with E-state index in [0.717, 1.165) is 36.5 Å². The maximum atomic E-state index is 12.7. The lowest BCUT2D eigenvalue weighted by molar-refractivity contribution is -0.120. The van der Waals surface area contributed by atoms with Crippen molar-refractivity contribution < 1.29 is 9.53 Å². The van der Waals surface area contributed by atoms with Gasteiger partial charge in [-0.1, -0.05) is 6.07 Å². The smallest absolute Gasteiger partial charge is 0.229 e. The van der Waals surface area contributed by atoms with Gasteiger partial charge in [0, 0.05) is 36.7 Å². The zero-order valence-electron chi connectivity index (χ0n) is 14.7. The van der Waals surface area contributed by atoms with E-state index in [4.69, 9.17) is 4.74 Å². The lowest BCUT2D eigenvalue weighted by Crippen LogP contribution is -2.41. The van der Waals surface area contributed by atoms with E-state index in [9.17, 15) is 4.79 Å². The van der Waals surface area contributed by atoms with Gasteiger partial charge in [-0.05, 0) is 44.9 Å². The van der Waals surface area contributed by atoms with E-state index >= 15 is 0 Å². The zero-order valence-corrected chi connectivity index (χ0v) is 14.7. The average molecular weight is 340 g/mol. The minimum atomic E-state index is -0.0754. The largest absolute Gasteiger partial charge is 0.494 e. The molecule has 1 amide bonds. The van der Waals surface area contributed by atoms with Crippen molar-refractivity contribution in [2.75, 3.05) is 29.9 Å². The third kappa shape index (κ3) is 4.47. The van der Waals surface area contributed by atoms with Gasteiger partial charge in [0.1, 0.15) is 5.75 Å². The van der Waals surface area contributed by atoms with E-state index in [0.29, 0.717) is 19.1 Å². The first-order valence-corrected chi connectivity index (χ1v) is 8.74. The Bertz CT molecular complexity index is 735. The topological polar surface area (TPSA) is 67.3 Å². The van der Waals surface area contributed by atoms with Gasteiger partial charge in [-0.2, -0.15) is 0 Å². The summed E-state index contributed by atoms with van der Waals surface area (Å²) in [4.78, 5) is 23.6. The van der Waals surface area contributed by atoms with Crippen molar-refractivity contribution in [3.05, 3.63) is 42.2 Å². The number of hydrogen-bond donors (Lipinski definition) is 1. The second kappa shape index (κ2) is 7.96. The van der Waals surface area contributed by atoms with Crippen molar-refractivity contribution in [1.82, 2.24) is 9.97 Å². The molecule has 3 rings (SSSR count). The average Bonchev–Trinajstić information content (AvgIpc) is 2.62. The number of aryl methyl sites for hydroxylation is 1. The Morgan fingerprint density at radius 2 is 2.28 bits per heavy atom. The summed E-state index contributed by atoms with van der Waals surface area (Å²) in [6, 6.07) is 9.38. The van der Waals surface area contributed by atoms with Gasteiger partial charge in [0.2, 0.25) is 11.9 Å². The highest BCUT2D eigenvalue weighted by Gasteiger charge is 2.27. The van der Waals surface area contributed by atoms with Crippen molar-refractivity contribution in [1.29, 1.82) is 0 Å². The van der Waals surface area contributed by atoms with Crippen molar-refractivity contribution in [3.8, 4) is 5.75 Å². The molecule has 1 aliphatic heterocycles. The summed E-state index contributed by atoms with van der Waals surface area (Å²) in [5.74, 6) is 1.43. The normalized spacial score (nSPS) is 17.2. The fraction of sp³-hybridized carbons (Fsp3) is 0.421. The van der Waals surface area contributed by atoms with Gasteiger partial charge in [0.05, 0.1) is 12.5 Å². The van der Waals surface area contributed by atoms with Gasteiger partial charge < -0.3 is 15.0 Å². The first kappa shape index (κ1) is 17.2. The zero-order chi connectivity index (χ0) is 17.6. The summed E-state index contributed by atoms with van der Waals surface area (Å²) >= 11 is 0. The first-order chi connectivity index (χ1) is 12.2. The van der Waals surface area contributed by atoms with Crippen LogP contribution in [0.25, 0.3) is 0 Å². The van der Waals surface area contributed by atoms with Crippen molar-refractivity contribution >= 4 is 17.5 Å². The quantitative estimate of drug-likeness (QED) is 0.906. The van der Waals surface area contributed by atoms with Crippen LogP contribution in [0.5, 0.6) is 5.75 Å². The lowest BCUT2D eigenvalue weighted by Gasteiger charge is -2.32. The Morgan fingerprint density at radius 3 is 3.08 bits per heavy atom. The molecule has 2 heterocycles. The van der Waals surface area contributed by atoms with Crippen LogP contribution < -0.4 is 15.0 Å². The van der Waals surface area contributed by atoms with Crippen molar-refractivity contribution in [2.24, 2.45) is 5.92 Å². The van der Waals surface area contributed by atoms with Crippen molar-refractivity contribution in [3.63, 3.8) is 0 Å². The third-order valence-corrected chi connectivity index (χ3v) is 4.27. The van der Waals surface area contributed by atoms with E-state index in [2.05, 4.69) is 20.2 Å². The number of benzene rings is 1. The maximum absolute atomic E-state index is 12.7. The number of piperidine rings is 1. The molecule has 132 valence electrons. The molecule has 1 aromatic heterocycles. The molecule has 0 radical (unpaired) electrons. The summed E-state index contributed by atoms with van der Waals surface area (Å²) < 4.78 is 5.48. The molecular formula is C19H24N4O2. The van der Waals surface area contributed by atoms with Crippen LogP contribution in [0.15, 0.2) is 36.5 Å². The Morgan fingerprint density at radius 1 is 1.40 bits per heavy atom. The highest BCUT2D eigenvalue weighted by Crippen LogP contribution is 2.23. The molecule has 1 fully saturated rings. The van der Waals surface area contributed by atoms with Gasteiger partial charge in [-0.25, -0.2) is 9.97 Å². The Kier molecular flexibility index (Phi) is 5.48. The molecule has 1 aliphatic rings. The molecule has 0 unspecified atom stereocenters. The predicted molar refractivity (Wildman–Crippen MR) is 97.9 cm³/mol. The summed E-state index contributed by atoms with van der Waals surface area (Å²) in [6.45, 7) is 6.01. The molecule has 6 nitrogen and oxygen atoms in total. The molecule has 1 saturated heterocycles. The first-order valence-electron chi connectivity index (χ1n) is 8.74. The number of anilines is 2. The number of nitrogens with one attached hydrogen (secondary N) is 1. The predicted octanol–water partition coefficient (Wildman–Crippen LogP) is 3.04. The van der Waals surface area contributed by atoms with Gasteiger partial charge in [-0.3, -0.25) is 4.79 Å². The molecule has 1 atom stereocenters. The summed E-state index contributed by atoms with van der Waals surface area (Å²) in [5.41, 5.74) is 1.70. The number of carbonyl (C=O) groups is 1. The summed E-state index contributed by atoms with van der Waals surface area (Å²) in [6.07, 6.45) is 3.59. The minimum absolute atomic E-state index is 0.0333. The number of ether oxygens (including phenoxy) is 1. The van der Waals surface area contributed by atoms with Gasteiger partial charge >= 0.3 is 0 Å². The van der Waals surface area contributed by atoms with E-state index in [1.807, 2.05) is 44.2 Å². The summed E-state index contributed by atoms with van der Waals surface area (Å²) in [5, 5.41) is 3.01. The Hall–Kier alpha value is -2.63. The van der Waals surface area contributed by atoms with Crippen LogP contribution in [0.2, 0.25) is 0 Å². The number of carbonyl (C=O) groups excluding carboxylic acids is 1. The second-order valence-corrected chi connectivity index (χ2v) is 6.23. The molecular weight excluding hydrogens is 316 g/mol. The molecule has 25 heavy (non-hydrogen) atoms. The number of amides is 1. The molecule has 1 aromatic carbocycles. The lowest BCUT2D eigenvalue weighted by atomic mass is 9.97. The number of aromatic nitrogens is 2. The van der Waals surface area contributed by atoms with Gasteiger partial charge in [0.25, 0.3) is 0 Å². The van der Waals surface area contributed by atoms with Crippen LogP contribution in [0.4, 0.5) is 11.6 Å². The SMILES string of the molecule is CCOc1cccc(NC(=O)[C@H]2CCCN(c3nccc(C)n3)C2)c1. The van der Waals surface area contributed by atoms with Crippen LogP contribution in [0, 0.1) is 12.8 Å². The summed E-state index contributed by atoms with van der Waals surface area (Å²) in [7, 11) is 0. The van der Waals surface area contributed by atoms with E-state index < -0.39 is 0 Å². The molecule has 6 heteroatoms. The monoisotopic (exact) mass is 340 g/mol. The maximum Gasteiger partial charge on any atom is 0.229 e. The second-order valence-electron chi connectivity index (χ2n) is 6.23. The number of hydrogen-bond acceptors (Lipinski definition) is 5. The van der Waals surface area contributed by atoms with Crippen molar-refractivity contribution in [2.45, 2.75) is 26.7 Å². The van der Waals surface area contributed by atoms with Crippen LogP contribution >= 0.6 is 0 Å². The highest BCUT2D eigenvalue weighted by atomic mass is 16.5. The number of rotatable bonds is 5. The van der Waals surface area contributed by atoms with Crippen LogP contribution in [0.1, 0.15) is 25.5 Å².